The van der Waals surface area contributed by atoms with Crippen LogP contribution in [-0.2, 0) is 5.75 Å². The molecule has 0 radical (unpaired) electrons. The van der Waals surface area contributed by atoms with Crippen LogP contribution < -0.4 is 5.73 Å². The second-order valence-corrected chi connectivity index (χ2v) is 3.17. The van der Waals surface area contributed by atoms with Crippen LogP contribution in [0.2, 0.25) is 0 Å². The van der Waals surface area contributed by atoms with Crippen molar-refractivity contribution in [3.63, 3.8) is 0 Å². The molecule has 2 N–H and O–H groups in total. The summed E-state index contributed by atoms with van der Waals surface area (Å²) >= 11 is 1.66. The maximum absolute atomic E-state index is 8.63. The third kappa shape index (κ3) is 1.69. The quantitative estimate of drug-likeness (QED) is 0.745. The van der Waals surface area contributed by atoms with E-state index in [2.05, 4.69) is 4.98 Å². The Kier molecular flexibility index (Phi) is 2.94. The molecular weight excluding hydrogens is 170 g/mol. The van der Waals surface area contributed by atoms with E-state index in [9.17, 15) is 0 Å². The number of pyridine rings is 1. The molecule has 0 aliphatic carbocycles. The molecule has 12 heavy (non-hydrogen) atoms. The lowest BCUT2D eigenvalue weighted by atomic mass is 10.2. The Morgan fingerprint density at radius 3 is 3.00 bits per heavy atom. The standard InChI is InChI=1S/C8H9N3S/c1-12-5-7-4-11-3-6(2-9)8(7)10/h3-4H,5H2,1H3,(H2,10,11). The molecule has 0 aliphatic rings. The largest absolute Gasteiger partial charge is 0.397 e. The van der Waals surface area contributed by atoms with Gasteiger partial charge in [0.05, 0.1) is 11.3 Å². The predicted molar refractivity (Wildman–Crippen MR) is 50.6 cm³/mol. The zero-order valence-electron chi connectivity index (χ0n) is 6.74. The van der Waals surface area contributed by atoms with Crippen molar-refractivity contribution in [2.75, 3.05) is 12.0 Å². The molecule has 0 atom stereocenters. The fourth-order valence-corrected chi connectivity index (χ4v) is 1.41. The number of nitrogens with two attached hydrogens (primary N) is 1. The summed E-state index contributed by atoms with van der Waals surface area (Å²) in [6.07, 6.45) is 5.17. The summed E-state index contributed by atoms with van der Waals surface area (Å²) in [4.78, 5) is 3.92. The lowest BCUT2D eigenvalue weighted by Crippen LogP contribution is -1.97. The summed E-state index contributed by atoms with van der Waals surface area (Å²) in [5.74, 6) is 0.800. The number of thioether (sulfide) groups is 1. The summed E-state index contributed by atoms with van der Waals surface area (Å²) in [6.45, 7) is 0. The Balaban J connectivity index is 3.07. The number of nitrogens with zero attached hydrogens (tertiary/aromatic N) is 2. The normalized spacial score (nSPS) is 9.33. The molecule has 0 saturated carbocycles. The molecule has 0 amide bonds. The predicted octanol–water partition coefficient (Wildman–Crippen LogP) is 1.40. The zero-order valence-corrected chi connectivity index (χ0v) is 7.56. The third-order valence-electron chi connectivity index (χ3n) is 1.49. The Hall–Kier alpha value is -1.21. The van der Waals surface area contributed by atoms with E-state index in [0.29, 0.717) is 11.3 Å². The first kappa shape index (κ1) is 8.88. The first-order chi connectivity index (χ1) is 5.79. The molecule has 1 rings (SSSR count). The number of rotatable bonds is 2. The van der Waals surface area contributed by atoms with Gasteiger partial charge in [-0.05, 0) is 6.26 Å². The molecule has 1 heterocycles. The minimum atomic E-state index is 0.460. The monoisotopic (exact) mass is 179 g/mol. The SMILES string of the molecule is CSCc1cncc(C#N)c1N. The summed E-state index contributed by atoms with van der Waals surface area (Å²) in [7, 11) is 0. The van der Waals surface area contributed by atoms with Crippen LogP contribution in [0, 0.1) is 11.3 Å². The Morgan fingerprint density at radius 2 is 2.42 bits per heavy atom. The number of hydrogen-bond donors (Lipinski definition) is 1. The van der Waals surface area contributed by atoms with Crippen molar-refractivity contribution >= 4 is 17.4 Å². The van der Waals surface area contributed by atoms with Gasteiger partial charge in [0, 0.05) is 23.7 Å². The van der Waals surface area contributed by atoms with Crippen LogP contribution >= 0.6 is 11.8 Å². The highest BCUT2D eigenvalue weighted by Gasteiger charge is 2.03. The molecule has 0 spiro atoms. The van der Waals surface area contributed by atoms with Gasteiger partial charge in [0.1, 0.15) is 6.07 Å². The Bertz CT molecular complexity index is 317. The maximum Gasteiger partial charge on any atom is 0.103 e. The molecule has 0 unspecified atom stereocenters. The van der Waals surface area contributed by atoms with Crippen LogP contribution in [0.3, 0.4) is 0 Å². The van der Waals surface area contributed by atoms with E-state index < -0.39 is 0 Å². The smallest absolute Gasteiger partial charge is 0.103 e. The van der Waals surface area contributed by atoms with E-state index >= 15 is 0 Å². The van der Waals surface area contributed by atoms with E-state index in [1.165, 1.54) is 6.20 Å². The molecule has 1 aromatic heterocycles. The average molecular weight is 179 g/mol. The van der Waals surface area contributed by atoms with Crippen molar-refractivity contribution in [2.24, 2.45) is 0 Å². The van der Waals surface area contributed by atoms with E-state index in [1.54, 1.807) is 18.0 Å². The summed E-state index contributed by atoms with van der Waals surface area (Å²) in [6, 6.07) is 2.00. The van der Waals surface area contributed by atoms with Gasteiger partial charge in [-0.1, -0.05) is 0 Å². The molecule has 1 aromatic rings. The fourth-order valence-electron chi connectivity index (χ4n) is 0.873. The molecule has 0 fully saturated rings. The van der Waals surface area contributed by atoms with Crippen LogP contribution in [-0.4, -0.2) is 11.2 Å². The summed E-state index contributed by atoms with van der Waals surface area (Å²) < 4.78 is 0. The van der Waals surface area contributed by atoms with Crippen LogP contribution in [0.4, 0.5) is 5.69 Å². The van der Waals surface area contributed by atoms with Gasteiger partial charge in [0.15, 0.2) is 0 Å². The van der Waals surface area contributed by atoms with Gasteiger partial charge >= 0.3 is 0 Å². The number of hydrogen-bond acceptors (Lipinski definition) is 4. The highest BCUT2D eigenvalue weighted by atomic mass is 32.2. The van der Waals surface area contributed by atoms with Crippen molar-refractivity contribution < 1.29 is 0 Å². The minimum Gasteiger partial charge on any atom is -0.397 e. The average Bonchev–Trinajstić information content (AvgIpc) is 2.09. The summed E-state index contributed by atoms with van der Waals surface area (Å²) in [5, 5.41) is 8.63. The Labute approximate surface area is 75.6 Å². The third-order valence-corrected chi connectivity index (χ3v) is 2.09. The highest BCUT2D eigenvalue weighted by Crippen LogP contribution is 2.18. The molecular formula is C8H9N3S. The molecule has 4 heteroatoms. The lowest BCUT2D eigenvalue weighted by molar-refractivity contribution is 1.24. The second kappa shape index (κ2) is 3.98. The van der Waals surface area contributed by atoms with E-state index in [0.717, 1.165) is 11.3 Å². The first-order valence-corrected chi connectivity index (χ1v) is 4.80. The molecule has 0 saturated heterocycles. The highest BCUT2D eigenvalue weighted by molar-refractivity contribution is 7.97. The van der Waals surface area contributed by atoms with Gasteiger partial charge in [-0.25, -0.2) is 0 Å². The van der Waals surface area contributed by atoms with Gasteiger partial charge < -0.3 is 5.73 Å². The summed E-state index contributed by atoms with van der Waals surface area (Å²) in [5.41, 5.74) is 7.65. The zero-order chi connectivity index (χ0) is 8.97. The first-order valence-electron chi connectivity index (χ1n) is 3.41. The van der Waals surface area contributed by atoms with Gasteiger partial charge in [-0.3, -0.25) is 4.98 Å². The molecule has 62 valence electrons. The van der Waals surface area contributed by atoms with Crippen LogP contribution in [0.25, 0.3) is 0 Å². The number of nitriles is 1. The van der Waals surface area contributed by atoms with Gasteiger partial charge in [-0.15, -0.1) is 0 Å². The van der Waals surface area contributed by atoms with E-state index in [1.807, 2.05) is 12.3 Å². The molecule has 0 aromatic carbocycles. The van der Waals surface area contributed by atoms with Crippen molar-refractivity contribution in [1.82, 2.24) is 4.98 Å². The molecule has 0 bridgehead atoms. The van der Waals surface area contributed by atoms with Crippen LogP contribution in [0.15, 0.2) is 12.4 Å². The number of nitrogen functional groups attached to an aromatic ring is 1. The van der Waals surface area contributed by atoms with Crippen molar-refractivity contribution in [2.45, 2.75) is 5.75 Å². The number of anilines is 1. The fraction of sp³-hybridized carbons (Fsp3) is 0.250. The van der Waals surface area contributed by atoms with E-state index in [4.69, 9.17) is 11.0 Å². The van der Waals surface area contributed by atoms with Crippen molar-refractivity contribution in [1.29, 1.82) is 5.26 Å². The minimum absolute atomic E-state index is 0.460. The van der Waals surface area contributed by atoms with Gasteiger partial charge in [-0.2, -0.15) is 17.0 Å². The van der Waals surface area contributed by atoms with Crippen LogP contribution in [0.1, 0.15) is 11.1 Å². The van der Waals surface area contributed by atoms with Crippen molar-refractivity contribution in [3.05, 3.63) is 23.5 Å². The lowest BCUT2D eigenvalue weighted by Gasteiger charge is -2.03. The van der Waals surface area contributed by atoms with Gasteiger partial charge in [0.25, 0.3) is 0 Å². The van der Waals surface area contributed by atoms with E-state index in [-0.39, 0.29) is 0 Å². The molecule has 0 aliphatic heterocycles. The molecule has 3 nitrogen and oxygen atoms in total. The Morgan fingerprint density at radius 1 is 1.67 bits per heavy atom. The van der Waals surface area contributed by atoms with Gasteiger partial charge in [0.2, 0.25) is 0 Å². The maximum atomic E-state index is 8.63. The van der Waals surface area contributed by atoms with Crippen LogP contribution in [0.5, 0.6) is 0 Å². The topological polar surface area (TPSA) is 62.7 Å². The second-order valence-electron chi connectivity index (χ2n) is 2.30. The van der Waals surface area contributed by atoms with Crippen molar-refractivity contribution in [3.8, 4) is 6.07 Å². The number of aromatic nitrogens is 1.